The molecule has 0 aliphatic carbocycles. The van der Waals surface area contributed by atoms with E-state index in [1.54, 1.807) is 18.2 Å². The van der Waals surface area contributed by atoms with Crippen molar-refractivity contribution in [2.75, 3.05) is 13.1 Å². The number of phenols is 1. The van der Waals surface area contributed by atoms with Crippen molar-refractivity contribution in [3.05, 3.63) is 65.5 Å². The summed E-state index contributed by atoms with van der Waals surface area (Å²) in [5.41, 5.74) is 1.82. The summed E-state index contributed by atoms with van der Waals surface area (Å²) in [5.74, 6) is -1.29. The minimum Gasteiger partial charge on any atom is -0.508 e. The van der Waals surface area contributed by atoms with Crippen LogP contribution >= 0.6 is 0 Å². The fourth-order valence-electron chi connectivity index (χ4n) is 5.32. The molecule has 2 saturated heterocycles. The number of rotatable bonds is 8. The van der Waals surface area contributed by atoms with Crippen molar-refractivity contribution < 1.29 is 24.2 Å². The van der Waals surface area contributed by atoms with E-state index in [1.807, 2.05) is 12.1 Å². The van der Waals surface area contributed by atoms with Gasteiger partial charge in [-0.25, -0.2) is 4.39 Å². The van der Waals surface area contributed by atoms with E-state index in [0.717, 1.165) is 25.7 Å². The molecule has 0 spiro atoms. The second-order valence-corrected chi connectivity index (χ2v) is 8.90. The number of piperidine rings is 1. The fourth-order valence-corrected chi connectivity index (χ4v) is 5.32. The number of halogens is 1. The van der Waals surface area contributed by atoms with Gasteiger partial charge in [-0.2, -0.15) is 0 Å². The molecular weight excluding hydrogens is 411 g/mol. The van der Waals surface area contributed by atoms with Crippen LogP contribution in [0.5, 0.6) is 5.75 Å². The standard InChI is InChI=1S/C25H29FN2O4/c26-20-5-1-3-17(11-20)16-27(24(30)15-25(31)32)9-10-28-21-7-8-22(28)13-19(12-21)18-4-2-6-23(29)14-18/h1-6,11,14,19,21-22,29H,7-10,12-13,15-16H2,(H,31,32)/t19-,21+,22-. The number of amides is 1. The van der Waals surface area contributed by atoms with Crippen molar-refractivity contribution in [3.63, 3.8) is 0 Å². The highest BCUT2D eigenvalue weighted by molar-refractivity contribution is 5.93. The highest BCUT2D eigenvalue weighted by atomic mass is 19.1. The van der Waals surface area contributed by atoms with Gasteiger partial charge >= 0.3 is 5.97 Å². The smallest absolute Gasteiger partial charge is 0.312 e. The number of fused-ring (bicyclic) bond motifs is 2. The molecule has 170 valence electrons. The van der Waals surface area contributed by atoms with Gasteiger partial charge in [0.25, 0.3) is 0 Å². The Kier molecular flexibility index (Phi) is 6.74. The van der Waals surface area contributed by atoms with E-state index in [9.17, 15) is 19.1 Å². The maximum atomic E-state index is 13.6. The first-order valence-electron chi connectivity index (χ1n) is 11.2. The maximum absolute atomic E-state index is 13.6. The summed E-state index contributed by atoms with van der Waals surface area (Å²) in [7, 11) is 0. The molecule has 1 amide bonds. The number of carbonyl (C=O) groups excluding carboxylic acids is 1. The van der Waals surface area contributed by atoms with Crippen molar-refractivity contribution in [3.8, 4) is 5.75 Å². The lowest BCUT2D eigenvalue weighted by Gasteiger charge is -2.40. The van der Waals surface area contributed by atoms with Crippen LogP contribution in [0.3, 0.4) is 0 Å². The SMILES string of the molecule is O=C(O)CC(=O)N(CCN1[C@@H]2CC[C@H]1C[C@@H](c1cccc(O)c1)C2)Cc1cccc(F)c1. The molecule has 2 bridgehead atoms. The molecule has 0 radical (unpaired) electrons. The quantitative estimate of drug-likeness (QED) is 0.611. The number of benzene rings is 2. The summed E-state index contributed by atoms with van der Waals surface area (Å²) >= 11 is 0. The lowest BCUT2D eigenvalue weighted by Crippen LogP contribution is -2.47. The molecule has 0 unspecified atom stereocenters. The van der Waals surface area contributed by atoms with Crippen LogP contribution in [-0.4, -0.2) is 57.1 Å². The molecule has 6 nitrogen and oxygen atoms in total. The number of phenolic OH excluding ortho intramolecular Hbond substituents is 1. The summed E-state index contributed by atoms with van der Waals surface area (Å²) in [6.45, 7) is 1.27. The van der Waals surface area contributed by atoms with Crippen LogP contribution in [0, 0.1) is 5.82 Å². The van der Waals surface area contributed by atoms with E-state index in [4.69, 9.17) is 5.11 Å². The molecule has 7 heteroatoms. The van der Waals surface area contributed by atoms with Gasteiger partial charge in [-0.05, 0) is 67.0 Å². The molecular formula is C25H29FN2O4. The average molecular weight is 441 g/mol. The first-order valence-corrected chi connectivity index (χ1v) is 11.2. The summed E-state index contributed by atoms with van der Waals surface area (Å²) in [6, 6.07) is 14.4. The Bertz CT molecular complexity index is 968. The lowest BCUT2D eigenvalue weighted by molar-refractivity contribution is -0.144. The predicted molar refractivity (Wildman–Crippen MR) is 118 cm³/mol. The number of hydrogen-bond donors (Lipinski definition) is 2. The molecule has 2 aliphatic heterocycles. The number of aliphatic carboxylic acids is 1. The largest absolute Gasteiger partial charge is 0.508 e. The normalized spacial score (nSPS) is 22.6. The Hall–Kier alpha value is -2.93. The number of carbonyl (C=O) groups is 2. The van der Waals surface area contributed by atoms with Gasteiger partial charge in [0.1, 0.15) is 18.0 Å². The zero-order valence-corrected chi connectivity index (χ0v) is 18.0. The van der Waals surface area contributed by atoms with Crippen molar-refractivity contribution in [2.45, 2.75) is 56.7 Å². The van der Waals surface area contributed by atoms with Crippen LogP contribution in [0.2, 0.25) is 0 Å². The molecule has 4 rings (SSSR count). The number of carboxylic acid groups (broad SMARTS) is 1. The van der Waals surface area contributed by atoms with Gasteiger partial charge in [-0.15, -0.1) is 0 Å². The number of aromatic hydroxyl groups is 1. The van der Waals surface area contributed by atoms with Crippen molar-refractivity contribution >= 4 is 11.9 Å². The topological polar surface area (TPSA) is 81.1 Å². The van der Waals surface area contributed by atoms with Crippen LogP contribution in [0.1, 0.15) is 49.1 Å². The van der Waals surface area contributed by atoms with Crippen LogP contribution in [0.15, 0.2) is 48.5 Å². The zero-order valence-electron chi connectivity index (χ0n) is 18.0. The third-order valence-corrected chi connectivity index (χ3v) is 6.77. The van der Waals surface area contributed by atoms with Crippen LogP contribution in [0.25, 0.3) is 0 Å². The van der Waals surface area contributed by atoms with Crippen LogP contribution in [0.4, 0.5) is 4.39 Å². The molecule has 2 aliphatic rings. The van der Waals surface area contributed by atoms with Gasteiger partial charge in [-0.1, -0.05) is 24.3 Å². The summed E-state index contributed by atoms with van der Waals surface area (Å²) in [4.78, 5) is 27.7. The lowest BCUT2D eigenvalue weighted by atomic mass is 9.85. The molecule has 32 heavy (non-hydrogen) atoms. The first kappa shape index (κ1) is 22.3. The van der Waals surface area contributed by atoms with Crippen LogP contribution in [-0.2, 0) is 16.1 Å². The second-order valence-electron chi connectivity index (χ2n) is 8.90. The third kappa shape index (κ3) is 5.27. The van der Waals surface area contributed by atoms with Gasteiger partial charge in [0.05, 0.1) is 0 Å². The Balaban J connectivity index is 1.41. The van der Waals surface area contributed by atoms with Gasteiger partial charge in [-0.3, -0.25) is 14.5 Å². The van der Waals surface area contributed by atoms with Crippen molar-refractivity contribution in [1.82, 2.24) is 9.80 Å². The molecule has 3 atom stereocenters. The van der Waals surface area contributed by atoms with Gasteiger partial charge in [0.2, 0.25) is 5.91 Å². The number of nitrogens with zero attached hydrogens (tertiary/aromatic N) is 2. The Morgan fingerprint density at radius 3 is 2.44 bits per heavy atom. The monoisotopic (exact) mass is 440 g/mol. The summed E-state index contributed by atoms with van der Waals surface area (Å²) < 4.78 is 13.6. The Morgan fingerprint density at radius 1 is 1.06 bits per heavy atom. The molecule has 0 aromatic heterocycles. The van der Waals surface area contributed by atoms with Crippen LogP contribution < -0.4 is 0 Å². The predicted octanol–water partition coefficient (Wildman–Crippen LogP) is 3.75. The molecule has 2 N–H and O–H groups in total. The number of hydrogen-bond acceptors (Lipinski definition) is 4. The average Bonchev–Trinajstić information content (AvgIpc) is 2.97. The van der Waals surface area contributed by atoms with E-state index in [1.165, 1.54) is 22.6 Å². The van der Waals surface area contributed by atoms with E-state index in [2.05, 4.69) is 11.0 Å². The molecule has 0 saturated carbocycles. The zero-order chi connectivity index (χ0) is 22.7. The minimum absolute atomic E-state index is 0.193. The third-order valence-electron chi connectivity index (χ3n) is 6.77. The Morgan fingerprint density at radius 2 is 1.78 bits per heavy atom. The molecule has 2 aromatic carbocycles. The highest BCUT2D eigenvalue weighted by Gasteiger charge is 2.41. The van der Waals surface area contributed by atoms with Gasteiger partial charge in [0, 0.05) is 31.7 Å². The van der Waals surface area contributed by atoms with E-state index >= 15 is 0 Å². The molecule has 2 fully saturated rings. The molecule has 2 heterocycles. The van der Waals surface area contributed by atoms with Crippen molar-refractivity contribution in [2.24, 2.45) is 0 Å². The number of carboxylic acids is 1. The van der Waals surface area contributed by atoms with E-state index in [0.29, 0.717) is 42.4 Å². The Labute approximate surface area is 187 Å². The fraction of sp³-hybridized carbons (Fsp3) is 0.440. The maximum Gasteiger partial charge on any atom is 0.312 e. The van der Waals surface area contributed by atoms with Gasteiger partial charge < -0.3 is 15.1 Å². The summed E-state index contributed by atoms with van der Waals surface area (Å²) in [6.07, 6.45) is 3.65. The van der Waals surface area contributed by atoms with Gasteiger partial charge in [0.15, 0.2) is 0 Å². The van der Waals surface area contributed by atoms with E-state index in [-0.39, 0.29) is 12.4 Å². The summed E-state index contributed by atoms with van der Waals surface area (Å²) in [5, 5.41) is 18.9. The second kappa shape index (κ2) is 9.69. The van der Waals surface area contributed by atoms with Crippen molar-refractivity contribution in [1.29, 1.82) is 0 Å². The van der Waals surface area contributed by atoms with E-state index < -0.39 is 18.3 Å². The highest BCUT2D eigenvalue weighted by Crippen LogP contribution is 2.43. The first-order chi connectivity index (χ1) is 15.4. The molecule has 2 aromatic rings. The minimum atomic E-state index is -1.16.